The van der Waals surface area contributed by atoms with Crippen molar-refractivity contribution >= 4 is 39.2 Å². The Morgan fingerprint density at radius 3 is 2.55 bits per heavy atom. The minimum atomic E-state index is -0.355. The first-order valence-electron chi connectivity index (χ1n) is 11.7. The highest BCUT2D eigenvalue weighted by Crippen LogP contribution is 2.35. The molecule has 0 radical (unpaired) electrons. The molecule has 0 saturated carbocycles. The maximum absolute atomic E-state index is 13.7. The summed E-state index contributed by atoms with van der Waals surface area (Å²) < 4.78 is 15.2. The monoisotopic (exact) mass is 485 g/mol. The molecular weight excluding hydrogens is 457 g/mol. The van der Waals surface area contributed by atoms with Gasteiger partial charge in [-0.15, -0.1) is 11.3 Å². The minimum Gasteiger partial charge on any atom is -0.337 e. The van der Waals surface area contributed by atoms with Crippen LogP contribution in [0, 0.1) is 5.82 Å². The summed E-state index contributed by atoms with van der Waals surface area (Å²) in [6.07, 6.45) is 7.27. The highest BCUT2D eigenvalue weighted by Gasteiger charge is 2.29. The number of hydrogen-bond donors (Lipinski definition) is 0. The third-order valence-electron chi connectivity index (χ3n) is 6.85. The van der Waals surface area contributed by atoms with Crippen LogP contribution in [0.2, 0.25) is 0 Å². The second kappa shape index (κ2) is 9.22. The van der Waals surface area contributed by atoms with Gasteiger partial charge in [0.1, 0.15) is 10.6 Å². The Bertz CT molecular complexity index is 1240. The molecule has 3 heterocycles. The zero-order valence-electron chi connectivity index (χ0n) is 19.0. The zero-order chi connectivity index (χ0) is 23.1. The van der Waals surface area contributed by atoms with Crippen LogP contribution >= 0.6 is 23.1 Å². The van der Waals surface area contributed by atoms with E-state index in [4.69, 9.17) is 4.98 Å². The molecule has 2 aliphatic rings. The normalized spacial score (nSPS) is 20.8. The third kappa shape index (κ3) is 4.23. The van der Waals surface area contributed by atoms with Crippen molar-refractivity contribution in [3.8, 4) is 5.69 Å². The molecule has 0 unspecified atom stereocenters. The largest absolute Gasteiger partial charge is 0.337 e. The topological polar surface area (TPSA) is 55.2 Å². The number of amides is 1. The van der Waals surface area contributed by atoms with Gasteiger partial charge < -0.3 is 4.90 Å². The molecule has 1 fully saturated rings. The number of rotatable bonds is 4. The van der Waals surface area contributed by atoms with Crippen molar-refractivity contribution in [2.75, 3.05) is 5.75 Å². The van der Waals surface area contributed by atoms with Crippen LogP contribution in [0.3, 0.4) is 0 Å². The van der Waals surface area contributed by atoms with Gasteiger partial charge in [-0.25, -0.2) is 9.37 Å². The van der Waals surface area contributed by atoms with Crippen LogP contribution in [0.5, 0.6) is 0 Å². The fourth-order valence-corrected chi connectivity index (χ4v) is 7.40. The number of thioether (sulfide) groups is 1. The van der Waals surface area contributed by atoms with Crippen LogP contribution in [-0.4, -0.2) is 38.2 Å². The van der Waals surface area contributed by atoms with Gasteiger partial charge >= 0.3 is 0 Å². The predicted octanol–water partition coefficient (Wildman–Crippen LogP) is 5.35. The number of piperidine rings is 1. The van der Waals surface area contributed by atoms with Crippen molar-refractivity contribution in [1.29, 1.82) is 0 Å². The number of likely N-dealkylation sites (tertiary alicyclic amines) is 1. The Labute approximate surface area is 201 Å². The van der Waals surface area contributed by atoms with Gasteiger partial charge in [-0.2, -0.15) is 0 Å². The highest BCUT2D eigenvalue weighted by atomic mass is 32.2. The molecule has 1 aromatic carbocycles. The lowest BCUT2D eigenvalue weighted by Crippen LogP contribution is -2.48. The highest BCUT2D eigenvalue weighted by molar-refractivity contribution is 7.99. The van der Waals surface area contributed by atoms with Crippen LogP contribution in [0.25, 0.3) is 15.9 Å². The first-order chi connectivity index (χ1) is 15.9. The number of aromatic nitrogens is 2. The van der Waals surface area contributed by atoms with Crippen molar-refractivity contribution in [3.05, 3.63) is 50.9 Å². The summed E-state index contributed by atoms with van der Waals surface area (Å²) in [5.41, 5.74) is 1.57. The standard InChI is InChI=1S/C25H28FN3O2S2/c1-15-6-5-7-16(2)28(15)21(30)14-32-25-27-23-22(19-8-3-4-9-20(19)33-23)24(31)29(25)18-12-10-17(26)11-13-18/h10-13,15-16H,3-9,14H2,1-2H3/t15-,16+. The molecule has 2 aromatic heterocycles. The van der Waals surface area contributed by atoms with Crippen LogP contribution < -0.4 is 5.56 Å². The van der Waals surface area contributed by atoms with E-state index >= 15 is 0 Å². The van der Waals surface area contributed by atoms with Crippen molar-refractivity contribution in [1.82, 2.24) is 14.5 Å². The summed E-state index contributed by atoms with van der Waals surface area (Å²) >= 11 is 2.90. The van der Waals surface area contributed by atoms with Gasteiger partial charge in [-0.1, -0.05) is 11.8 Å². The van der Waals surface area contributed by atoms with E-state index in [9.17, 15) is 14.0 Å². The Balaban J connectivity index is 1.55. The quantitative estimate of drug-likeness (QED) is 0.369. The molecule has 1 aliphatic carbocycles. The minimum absolute atomic E-state index is 0.0742. The van der Waals surface area contributed by atoms with Gasteiger partial charge in [0.25, 0.3) is 5.56 Å². The zero-order valence-corrected chi connectivity index (χ0v) is 20.6. The number of carbonyl (C=O) groups excluding carboxylic acids is 1. The van der Waals surface area contributed by atoms with Crippen LogP contribution in [0.1, 0.15) is 56.4 Å². The summed E-state index contributed by atoms with van der Waals surface area (Å²) in [5, 5.41) is 1.18. The number of benzene rings is 1. The summed E-state index contributed by atoms with van der Waals surface area (Å²) in [6, 6.07) is 6.35. The Hall–Kier alpha value is -2.19. The Morgan fingerprint density at radius 2 is 1.82 bits per heavy atom. The van der Waals surface area contributed by atoms with E-state index in [1.54, 1.807) is 28.0 Å². The summed E-state index contributed by atoms with van der Waals surface area (Å²) in [6.45, 7) is 4.21. The second-order valence-corrected chi connectivity index (χ2v) is 11.1. The molecule has 1 aliphatic heterocycles. The summed E-state index contributed by atoms with van der Waals surface area (Å²) in [5.74, 6) is -0.0600. The smallest absolute Gasteiger partial charge is 0.267 e. The lowest BCUT2D eigenvalue weighted by atomic mass is 9.97. The van der Waals surface area contributed by atoms with Crippen LogP contribution in [0.4, 0.5) is 4.39 Å². The average Bonchev–Trinajstić information content (AvgIpc) is 3.17. The molecule has 8 heteroatoms. The SMILES string of the molecule is C[C@@H]1CCC[C@H](C)N1C(=O)CSc1nc2sc3c(c2c(=O)n1-c1ccc(F)cc1)CCCC3. The third-order valence-corrected chi connectivity index (χ3v) is 8.96. The lowest BCUT2D eigenvalue weighted by molar-refractivity contribution is -0.134. The molecule has 33 heavy (non-hydrogen) atoms. The molecule has 1 amide bonds. The number of halogens is 1. The first-order valence-corrected chi connectivity index (χ1v) is 13.5. The van der Waals surface area contributed by atoms with Gasteiger partial charge in [-0.3, -0.25) is 14.2 Å². The molecule has 174 valence electrons. The van der Waals surface area contributed by atoms with Gasteiger partial charge in [-0.05, 0) is 88.6 Å². The van der Waals surface area contributed by atoms with E-state index in [0.717, 1.165) is 55.3 Å². The number of carbonyl (C=O) groups is 1. The number of nitrogens with zero attached hydrogens (tertiary/aromatic N) is 3. The average molecular weight is 486 g/mol. The second-order valence-electron chi connectivity index (χ2n) is 9.12. The number of fused-ring (bicyclic) bond motifs is 3. The van der Waals surface area contributed by atoms with E-state index in [-0.39, 0.29) is 35.1 Å². The van der Waals surface area contributed by atoms with Crippen LogP contribution in [0.15, 0.2) is 34.2 Å². The summed E-state index contributed by atoms with van der Waals surface area (Å²) in [4.78, 5) is 35.7. The Morgan fingerprint density at radius 1 is 1.12 bits per heavy atom. The van der Waals surface area contributed by atoms with E-state index in [0.29, 0.717) is 16.2 Å². The van der Waals surface area contributed by atoms with Gasteiger partial charge in [0.15, 0.2) is 5.16 Å². The number of thiophene rings is 1. The van der Waals surface area contributed by atoms with Crippen LogP contribution in [-0.2, 0) is 17.6 Å². The molecular formula is C25H28FN3O2S2. The maximum Gasteiger partial charge on any atom is 0.267 e. The van der Waals surface area contributed by atoms with Gasteiger partial charge in [0.2, 0.25) is 5.91 Å². The molecule has 3 aromatic rings. The number of hydrogen-bond acceptors (Lipinski definition) is 5. The first kappa shape index (κ1) is 22.6. The number of aryl methyl sites for hydroxylation is 2. The predicted molar refractivity (Wildman–Crippen MR) is 132 cm³/mol. The van der Waals surface area contributed by atoms with Crippen molar-refractivity contribution < 1.29 is 9.18 Å². The molecule has 5 rings (SSSR count). The van der Waals surface area contributed by atoms with Gasteiger partial charge in [0.05, 0.1) is 16.8 Å². The fraction of sp³-hybridized carbons (Fsp3) is 0.480. The van der Waals surface area contributed by atoms with E-state index in [1.165, 1.54) is 28.8 Å². The molecule has 0 N–H and O–H groups in total. The van der Waals surface area contributed by atoms with Crippen molar-refractivity contribution in [3.63, 3.8) is 0 Å². The van der Waals surface area contributed by atoms with Crippen molar-refractivity contribution in [2.24, 2.45) is 0 Å². The molecule has 2 atom stereocenters. The summed E-state index contributed by atoms with van der Waals surface area (Å²) in [7, 11) is 0. The van der Waals surface area contributed by atoms with Gasteiger partial charge in [0, 0.05) is 17.0 Å². The molecule has 1 saturated heterocycles. The van der Waals surface area contributed by atoms with E-state index < -0.39 is 0 Å². The van der Waals surface area contributed by atoms with E-state index in [1.807, 2.05) is 4.90 Å². The lowest BCUT2D eigenvalue weighted by Gasteiger charge is -2.39. The van der Waals surface area contributed by atoms with E-state index in [2.05, 4.69) is 13.8 Å². The Kier molecular flexibility index (Phi) is 6.31. The molecule has 5 nitrogen and oxygen atoms in total. The molecule has 0 spiro atoms. The van der Waals surface area contributed by atoms with Crippen molar-refractivity contribution in [2.45, 2.75) is 76.0 Å². The molecule has 0 bridgehead atoms. The fourth-order valence-electron chi connectivity index (χ4n) is 5.21. The maximum atomic E-state index is 13.7.